The average molecular weight is 499 g/mol. The van der Waals surface area contributed by atoms with Gasteiger partial charge in [0.15, 0.2) is 11.5 Å². The van der Waals surface area contributed by atoms with Crippen molar-refractivity contribution in [2.24, 2.45) is 7.05 Å². The number of anilines is 1. The van der Waals surface area contributed by atoms with E-state index < -0.39 is 15.8 Å². The molecule has 0 saturated heterocycles. The third-order valence-electron chi connectivity index (χ3n) is 6.73. The van der Waals surface area contributed by atoms with Crippen LogP contribution >= 0.6 is 0 Å². The molecule has 1 aromatic heterocycles. The van der Waals surface area contributed by atoms with Gasteiger partial charge in [0.1, 0.15) is 5.82 Å². The Bertz CT molecular complexity index is 1390. The molecule has 3 aromatic rings. The minimum Gasteiger partial charge on any atom is -0.448 e. The van der Waals surface area contributed by atoms with Crippen LogP contribution in [-0.2, 0) is 28.3 Å². The summed E-state index contributed by atoms with van der Waals surface area (Å²) in [4.78, 5) is 17.4. The molecule has 2 aliphatic rings. The van der Waals surface area contributed by atoms with Crippen LogP contribution in [0.4, 0.5) is 5.69 Å². The summed E-state index contributed by atoms with van der Waals surface area (Å²) in [5, 5.41) is 2.93. The van der Waals surface area contributed by atoms with E-state index in [0.29, 0.717) is 29.2 Å². The number of amides is 1. The van der Waals surface area contributed by atoms with Gasteiger partial charge < -0.3 is 19.4 Å². The highest BCUT2D eigenvalue weighted by Gasteiger charge is 2.42. The van der Waals surface area contributed by atoms with Gasteiger partial charge in [-0.2, -0.15) is 0 Å². The zero-order chi connectivity index (χ0) is 24.8. The summed E-state index contributed by atoms with van der Waals surface area (Å²) in [5.74, 6) is 1.41. The number of benzene rings is 2. The summed E-state index contributed by atoms with van der Waals surface area (Å²) in [6.07, 6.45) is 5.79. The Morgan fingerprint density at radius 2 is 1.83 bits per heavy atom. The number of aryl methyl sites for hydroxylation is 2. The van der Waals surface area contributed by atoms with Gasteiger partial charge in [0.05, 0.1) is 15.9 Å². The molecule has 1 fully saturated rings. The van der Waals surface area contributed by atoms with Gasteiger partial charge >= 0.3 is 0 Å². The van der Waals surface area contributed by atoms with Crippen molar-refractivity contribution >= 4 is 32.7 Å². The maximum Gasteiger partial charge on any atom is 0.251 e. The Balaban J connectivity index is 1.24. The van der Waals surface area contributed by atoms with E-state index >= 15 is 0 Å². The summed E-state index contributed by atoms with van der Waals surface area (Å²) in [6, 6.07) is 10.4. The van der Waals surface area contributed by atoms with E-state index in [0.717, 1.165) is 36.9 Å². The van der Waals surface area contributed by atoms with E-state index in [1.54, 1.807) is 18.2 Å². The van der Waals surface area contributed by atoms with Crippen molar-refractivity contribution in [1.82, 2.24) is 13.9 Å². The second-order valence-electron chi connectivity index (χ2n) is 9.41. The number of carbonyl (C=O) groups excluding carboxylic acids is 1. The molecule has 0 bridgehead atoms. The van der Waals surface area contributed by atoms with Crippen molar-refractivity contribution < 1.29 is 22.7 Å². The van der Waals surface area contributed by atoms with E-state index in [9.17, 15) is 13.2 Å². The minimum absolute atomic E-state index is 0.140. The first-order chi connectivity index (χ1) is 16.7. The lowest BCUT2D eigenvalue weighted by Gasteiger charge is -2.31. The third kappa shape index (κ3) is 4.48. The van der Waals surface area contributed by atoms with Crippen LogP contribution in [0.15, 0.2) is 41.3 Å². The zero-order valence-corrected chi connectivity index (χ0v) is 21.0. The summed E-state index contributed by atoms with van der Waals surface area (Å²) >= 11 is 0. The van der Waals surface area contributed by atoms with Crippen LogP contribution in [-0.4, -0.2) is 48.1 Å². The topological polar surface area (TPSA) is 103 Å². The molecule has 0 atom stereocenters. The SMILES string of the molecule is CN(C)S(=O)(=O)c1ccc2c(c1)nc(CCC(=O)Nc1ccc3c(c1)OC1(CCCCC1)O3)n2C. The predicted molar refractivity (Wildman–Crippen MR) is 132 cm³/mol. The fraction of sp³-hybridized carbons (Fsp3) is 0.440. The second-order valence-corrected chi connectivity index (χ2v) is 11.6. The normalized spacial score (nSPS) is 16.8. The van der Waals surface area contributed by atoms with Crippen molar-refractivity contribution in [1.29, 1.82) is 0 Å². The Labute approximate surface area is 205 Å². The summed E-state index contributed by atoms with van der Waals surface area (Å²) < 4.78 is 40.2. The number of aromatic nitrogens is 2. The number of hydrogen-bond donors (Lipinski definition) is 1. The van der Waals surface area contributed by atoms with Crippen LogP contribution in [0.3, 0.4) is 0 Å². The fourth-order valence-electron chi connectivity index (χ4n) is 4.74. The molecule has 0 unspecified atom stereocenters. The molecule has 1 aliphatic heterocycles. The van der Waals surface area contributed by atoms with E-state index in [1.165, 1.54) is 24.8 Å². The summed E-state index contributed by atoms with van der Waals surface area (Å²) in [7, 11) is 1.31. The highest BCUT2D eigenvalue weighted by molar-refractivity contribution is 7.89. The Morgan fingerprint density at radius 3 is 2.57 bits per heavy atom. The third-order valence-corrected chi connectivity index (χ3v) is 8.54. The van der Waals surface area contributed by atoms with Crippen molar-refractivity contribution in [3.63, 3.8) is 0 Å². The molecule has 1 spiro atoms. The molecule has 1 amide bonds. The first kappa shape index (κ1) is 23.6. The van der Waals surface area contributed by atoms with Crippen molar-refractivity contribution in [2.75, 3.05) is 19.4 Å². The Hall–Kier alpha value is -3.11. The van der Waals surface area contributed by atoms with Gasteiger partial charge in [-0.25, -0.2) is 17.7 Å². The maximum atomic E-state index is 12.7. The van der Waals surface area contributed by atoms with Crippen LogP contribution < -0.4 is 14.8 Å². The number of imidazole rings is 1. The van der Waals surface area contributed by atoms with Gasteiger partial charge in [-0.1, -0.05) is 6.42 Å². The van der Waals surface area contributed by atoms with Crippen LogP contribution in [0.2, 0.25) is 0 Å². The number of sulfonamides is 1. The molecule has 1 aliphatic carbocycles. The lowest BCUT2D eigenvalue weighted by atomic mass is 9.94. The van der Waals surface area contributed by atoms with Crippen LogP contribution in [0, 0.1) is 0 Å². The van der Waals surface area contributed by atoms with Gasteiger partial charge in [-0.3, -0.25) is 4.79 Å². The largest absolute Gasteiger partial charge is 0.448 e. The molecule has 186 valence electrons. The number of nitrogens with zero attached hydrogens (tertiary/aromatic N) is 3. The molecule has 5 rings (SSSR count). The van der Waals surface area contributed by atoms with E-state index in [4.69, 9.17) is 9.47 Å². The molecule has 35 heavy (non-hydrogen) atoms. The molecule has 1 N–H and O–H groups in total. The highest BCUT2D eigenvalue weighted by Crippen LogP contribution is 2.46. The summed E-state index contributed by atoms with van der Waals surface area (Å²) in [5.41, 5.74) is 2.05. The number of rotatable bonds is 6. The Morgan fingerprint density at radius 1 is 1.09 bits per heavy atom. The molecule has 9 nitrogen and oxygen atoms in total. The number of nitrogens with one attached hydrogen (secondary N) is 1. The van der Waals surface area contributed by atoms with Gasteiger partial charge in [-0.05, 0) is 43.2 Å². The molecule has 10 heteroatoms. The summed E-state index contributed by atoms with van der Waals surface area (Å²) in [6.45, 7) is 0. The lowest BCUT2D eigenvalue weighted by molar-refractivity contribution is -0.116. The quantitative estimate of drug-likeness (QED) is 0.554. The van der Waals surface area contributed by atoms with Crippen molar-refractivity contribution in [3.05, 3.63) is 42.2 Å². The standard InChI is InChI=1S/C25H30N4O5S/c1-28(2)35(31,32)18-8-9-20-19(16-18)27-23(29(20)3)11-12-24(30)26-17-7-10-21-22(15-17)34-25(33-21)13-5-4-6-14-25/h7-10,15-16H,4-6,11-14H2,1-3H3,(H,26,30). The van der Waals surface area contributed by atoms with E-state index in [2.05, 4.69) is 10.3 Å². The zero-order valence-electron chi connectivity index (χ0n) is 20.2. The average Bonchev–Trinajstić information content (AvgIpc) is 3.33. The minimum atomic E-state index is -3.55. The molecule has 2 heterocycles. The van der Waals surface area contributed by atoms with E-state index in [1.807, 2.05) is 29.8 Å². The molecular formula is C25H30N4O5S. The molecule has 2 aromatic carbocycles. The van der Waals surface area contributed by atoms with Gasteiger partial charge in [0.25, 0.3) is 5.79 Å². The first-order valence-electron chi connectivity index (χ1n) is 11.9. The van der Waals surface area contributed by atoms with Gasteiger partial charge in [0.2, 0.25) is 15.9 Å². The van der Waals surface area contributed by atoms with Crippen molar-refractivity contribution in [3.8, 4) is 11.5 Å². The van der Waals surface area contributed by atoms with Gasteiger partial charge in [0, 0.05) is 58.6 Å². The van der Waals surface area contributed by atoms with Gasteiger partial charge in [-0.15, -0.1) is 0 Å². The highest BCUT2D eigenvalue weighted by atomic mass is 32.2. The van der Waals surface area contributed by atoms with E-state index in [-0.39, 0.29) is 17.2 Å². The number of ether oxygens (including phenoxy) is 2. The Kier molecular flexibility index (Phi) is 5.96. The first-order valence-corrected chi connectivity index (χ1v) is 13.3. The second kappa shape index (κ2) is 8.83. The molecule has 1 saturated carbocycles. The maximum absolute atomic E-state index is 12.7. The molecule has 0 radical (unpaired) electrons. The lowest BCUT2D eigenvalue weighted by Crippen LogP contribution is -2.40. The van der Waals surface area contributed by atoms with Crippen LogP contribution in [0.5, 0.6) is 11.5 Å². The number of hydrogen-bond acceptors (Lipinski definition) is 6. The fourth-order valence-corrected chi connectivity index (χ4v) is 5.66. The number of fused-ring (bicyclic) bond motifs is 2. The molecular weight excluding hydrogens is 468 g/mol. The number of carbonyl (C=O) groups is 1. The smallest absolute Gasteiger partial charge is 0.251 e. The van der Waals surface area contributed by atoms with Crippen LogP contribution in [0.25, 0.3) is 11.0 Å². The monoisotopic (exact) mass is 498 g/mol. The van der Waals surface area contributed by atoms with Crippen LogP contribution in [0.1, 0.15) is 44.3 Å². The predicted octanol–water partition coefficient (Wildman–Crippen LogP) is 3.83. The van der Waals surface area contributed by atoms with Crippen molar-refractivity contribution in [2.45, 2.75) is 55.6 Å².